The van der Waals surface area contributed by atoms with E-state index in [2.05, 4.69) is 132 Å². The van der Waals surface area contributed by atoms with E-state index in [0.29, 0.717) is 0 Å². The Labute approximate surface area is 229 Å². The standard InChI is InChI=1S/C38H21NO/c1-2-10-25-22(7-1)15-19-34-36(25)30-21-24(16-20-33(30)40-34)39-31-14-4-3-11-28(31)38-32(39)18-17-27-26-12-5-8-23-9-6-13-29(35(23)26)37(27)38/h1-21H. The van der Waals surface area contributed by atoms with E-state index in [4.69, 9.17) is 4.42 Å². The number of hydrogen-bond acceptors (Lipinski definition) is 1. The van der Waals surface area contributed by atoms with E-state index < -0.39 is 0 Å². The van der Waals surface area contributed by atoms with Gasteiger partial charge in [0.05, 0.1) is 11.0 Å². The van der Waals surface area contributed by atoms with Crippen LogP contribution in [0.4, 0.5) is 0 Å². The van der Waals surface area contributed by atoms with Crippen molar-refractivity contribution in [1.29, 1.82) is 0 Å². The molecule has 9 aromatic rings. The highest BCUT2D eigenvalue weighted by atomic mass is 16.3. The first-order valence-electron chi connectivity index (χ1n) is 13.8. The van der Waals surface area contributed by atoms with Gasteiger partial charge in [0, 0.05) is 32.8 Å². The molecule has 0 fully saturated rings. The molecule has 40 heavy (non-hydrogen) atoms. The first-order chi connectivity index (χ1) is 19.8. The third-order valence-electron chi connectivity index (χ3n) is 8.90. The lowest BCUT2D eigenvalue weighted by Gasteiger charge is -2.10. The van der Waals surface area contributed by atoms with Gasteiger partial charge in [0.1, 0.15) is 11.2 Å². The van der Waals surface area contributed by atoms with Gasteiger partial charge in [-0.3, -0.25) is 0 Å². The van der Waals surface area contributed by atoms with Crippen molar-refractivity contribution in [3.05, 3.63) is 127 Å². The van der Waals surface area contributed by atoms with Crippen molar-refractivity contribution in [3.63, 3.8) is 0 Å². The molecule has 0 aliphatic heterocycles. The molecule has 0 atom stereocenters. The fraction of sp³-hybridized carbons (Fsp3) is 0. The maximum Gasteiger partial charge on any atom is 0.136 e. The number of aromatic nitrogens is 1. The van der Waals surface area contributed by atoms with Gasteiger partial charge >= 0.3 is 0 Å². The monoisotopic (exact) mass is 507 g/mol. The summed E-state index contributed by atoms with van der Waals surface area (Å²) in [5, 5.41) is 10.0. The van der Waals surface area contributed by atoms with Crippen LogP contribution in [-0.2, 0) is 0 Å². The number of fused-ring (bicyclic) bond motifs is 12. The predicted octanol–water partition coefficient (Wildman–Crippen LogP) is 10.6. The highest BCUT2D eigenvalue weighted by Crippen LogP contribution is 2.52. The van der Waals surface area contributed by atoms with Crippen LogP contribution in [0.3, 0.4) is 0 Å². The van der Waals surface area contributed by atoms with Crippen LogP contribution in [0.5, 0.6) is 0 Å². The maximum atomic E-state index is 6.33. The fourth-order valence-corrected chi connectivity index (χ4v) is 7.29. The minimum Gasteiger partial charge on any atom is -0.456 e. The van der Waals surface area contributed by atoms with Gasteiger partial charge in [0.2, 0.25) is 0 Å². The molecule has 0 amide bonds. The van der Waals surface area contributed by atoms with Crippen molar-refractivity contribution < 1.29 is 4.42 Å². The summed E-state index contributed by atoms with van der Waals surface area (Å²) in [6.07, 6.45) is 0. The molecule has 2 heteroatoms. The SMILES string of the molecule is c1cc2c3c(cccc3c1)-c1c-2ccc2c1c1ccccc1n2-c1ccc2oc3ccc4ccccc4c3c2c1. The zero-order chi connectivity index (χ0) is 25.9. The summed E-state index contributed by atoms with van der Waals surface area (Å²) in [4.78, 5) is 0. The van der Waals surface area contributed by atoms with Crippen LogP contribution in [-0.4, -0.2) is 4.57 Å². The highest BCUT2D eigenvalue weighted by molar-refractivity contribution is 6.27. The van der Waals surface area contributed by atoms with Gasteiger partial charge in [-0.15, -0.1) is 0 Å². The first-order valence-corrected chi connectivity index (χ1v) is 13.8. The van der Waals surface area contributed by atoms with Crippen LogP contribution < -0.4 is 0 Å². The molecule has 0 unspecified atom stereocenters. The van der Waals surface area contributed by atoms with Gasteiger partial charge in [-0.25, -0.2) is 0 Å². The Morgan fingerprint density at radius 1 is 0.425 bits per heavy atom. The summed E-state index contributed by atoms with van der Waals surface area (Å²) in [6.45, 7) is 0. The number of furan rings is 1. The van der Waals surface area contributed by atoms with Crippen molar-refractivity contribution >= 4 is 65.3 Å². The van der Waals surface area contributed by atoms with E-state index in [1.807, 2.05) is 0 Å². The van der Waals surface area contributed by atoms with Crippen molar-refractivity contribution in [1.82, 2.24) is 4.57 Å². The molecule has 0 spiro atoms. The molecule has 0 bridgehead atoms. The minimum absolute atomic E-state index is 0.916. The van der Waals surface area contributed by atoms with Crippen LogP contribution in [0, 0.1) is 0 Å². The Bertz CT molecular complexity index is 2540. The maximum absolute atomic E-state index is 6.33. The Morgan fingerprint density at radius 2 is 1.20 bits per heavy atom. The second-order valence-corrected chi connectivity index (χ2v) is 10.9. The van der Waals surface area contributed by atoms with Gasteiger partial charge in [-0.05, 0) is 74.6 Å². The summed E-state index contributed by atoms with van der Waals surface area (Å²) in [7, 11) is 0. The number of benzene rings is 7. The quantitative estimate of drug-likeness (QED) is 0.216. The van der Waals surface area contributed by atoms with Crippen LogP contribution in [0.25, 0.3) is 93.2 Å². The molecule has 184 valence electrons. The smallest absolute Gasteiger partial charge is 0.136 e. The van der Waals surface area contributed by atoms with E-state index >= 15 is 0 Å². The lowest BCUT2D eigenvalue weighted by atomic mass is 9.98. The molecular weight excluding hydrogens is 486 g/mol. The second kappa shape index (κ2) is 7.19. The van der Waals surface area contributed by atoms with Crippen LogP contribution >= 0.6 is 0 Å². The molecule has 2 aromatic heterocycles. The molecule has 10 rings (SSSR count). The zero-order valence-corrected chi connectivity index (χ0v) is 21.5. The van der Waals surface area contributed by atoms with Crippen molar-refractivity contribution in [2.24, 2.45) is 0 Å². The fourth-order valence-electron chi connectivity index (χ4n) is 7.29. The number of rotatable bonds is 1. The molecule has 0 saturated carbocycles. The Balaban J connectivity index is 1.34. The third kappa shape index (κ3) is 2.45. The Kier molecular flexibility index (Phi) is 3.70. The zero-order valence-electron chi connectivity index (χ0n) is 21.5. The van der Waals surface area contributed by atoms with E-state index in [1.54, 1.807) is 0 Å². The number of nitrogens with zero attached hydrogens (tertiary/aromatic N) is 1. The van der Waals surface area contributed by atoms with Gasteiger partial charge in [-0.2, -0.15) is 0 Å². The van der Waals surface area contributed by atoms with Crippen LogP contribution in [0.2, 0.25) is 0 Å². The van der Waals surface area contributed by atoms with Crippen LogP contribution in [0.15, 0.2) is 132 Å². The predicted molar refractivity (Wildman–Crippen MR) is 168 cm³/mol. The first kappa shape index (κ1) is 20.6. The van der Waals surface area contributed by atoms with Gasteiger partial charge in [0.15, 0.2) is 0 Å². The van der Waals surface area contributed by atoms with E-state index in [9.17, 15) is 0 Å². The topological polar surface area (TPSA) is 18.1 Å². The summed E-state index contributed by atoms with van der Waals surface area (Å²) >= 11 is 0. The summed E-state index contributed by atoms with van der Waals surface area (Å²) in [5.41, 5.74) is 10.8. The van der Waals surface area contributed by atoms with Gasteiger partial charge < -0.3 is 8.98 Å². The van der Waals surface area contributed by atoms with Gasteiger partial charge in [0.25, 0.3) is 0 Å². The van der Waals surface area contributed by atoms with Crippen molar-refractivity contribution in [2.45, 2.75) is 0 Å². The molecule has 7 aromatic carbocycles. The minimum atomic E-state index is 0.916. The normalized spacial score (nSPS) is 12.5. The molecule has 1 aliphatic carbocycles. The Morgan fingerprint density at radius 3 is 2.12 bits per heavy atom. The van der Waals surface area contributed by atoms with E-state index in [-0.39, 0.29) is 0 Å². The molecule has 2 nitrogen and oxygen atoms in total. The van der Waals surface area contributed by atoms with Crippen LogP contribution in [0.1, 0.15) is 0 Å². The summed E-state index contributed by atoms with van der Waals surface area (Å²) in [5.74, 6) is 0. The van der Waals surface area contributed by atoms with Crippen molar-refractivity contribution in [2.75, 3.05) is 0 Å². The molecule has 2 heterocycles. The van der Waals surface area contributed by atoms with Gasteiger partial charge in [-0.1, -0.05) is 91.0 Å². The number of para-hydroxylation sites is 1. The van der Waals surface area contributed by atoms with Crippen molar-refractivity contribution in [3.8, 4) is 27.9 Å². The summed E-state index contributed by atoms with van der Waals surface area (Å²) < 4.78 is 8.76. The molecule has 0 saturated heterocycles. The summed E-state index contributed by atoms with van der Waals surface area (Å²) in [6, 6.07) is 46.3. The lowest BCUT2D eigenvalue weighted by molar-refractivity contribution is 0.669. The number of hydrogen-bond donors (Lipinski definition) is 0. The van der Waals surface area contributed by atoms with E-state index in [1.165, 1.54) is 71.0 Å². The Hall–Kier alpha value is -5.34. The average molecular weight is 508 g/mol. The molecule has 1 aliphatic rings. The molecular formula is C38H21NO. The second-order valence-electron chi connectivity index (χ2n) is 10.9. The average Bonchev–Trinajstić information content (AvgIpc) is 3.66. The highest BCUT2D eigenvalue weighted by Gasteiger charge is 2.26. The third-order valence-corrected chi connectivity index (χ3v) is 8.90. The molecule has 0 N–H and O–H groups in total. The van der Waals surface area contributed by atoms with E-state index in [0.717, 1.165) is 22.2 Å². The largest absolute Gasteiger partial charge is 0.456 e. The lowest BCUT2D eigenvalue weighted by Crippen LogP contribution is -1.93. The molecule has 0 radical (unpaired) electrons.